The van der Waals surface area contributed by atoms with Crippen LogP contribution in [0.25, 0.3) is 0 Å². The molecule has 1 fully saturated rings. The van der Waals surface area contributed by atoms with Crippen LogP contribution in [0.15, 0.2) is 24.3 Å². The first-order valence-corrected chi connectivity index (χ1v) is 7.71. The minimum atomic E-state index is -0.635. The second-order valence-electron chi connectivity index (χ2n) is 5.67. The molecule has 1 saturated carbocycles. The van der Waals surface area contributed by atoms with E-state index in [1.165, 1.54) is 26.4 Å². The van der Waals surface area contributed by atoms with Crippen LogP contribution in [-0.4, -0.2) is 25.7 Å². The highest BCUT2D eigenvalue weighted by molar-refractivity contribution is 5.85. The molecule has 0 aromatic heterocycles. The van der Waals surface area contributed by atoms with Crippen molar-refractivity contribution in [1.82, 2.24) is 0 Å². The first-order chi connectivity index (χ1) is 10.2. The second kappa shape index (κ2) is 7.34. The van der Waals surface area contributed by atoms with Gasteiger partial charge < -0.3 is 14.8 Å². The number of ether oxygens (including phenoxy) is 2. The lowest BCUT2D eigenvalue weighted by molar-refractivity contribution is -0.146. The smallest absolute Gasteiger partial charge is 0.331 e. The topological polar surface area (TPSA) is 47.6 Å². The summed E-state index contributed by atoms with van der Waals surface area (Å²) in [7, 11) is 3.11. The van der Waals surface area contributed by atoms with Crippen LogP contribution in [0.1, 0.15) is 44.9 Å². The van der Waals surface area contributed by atoms with Crippen LogP contribution >= 0.6 is 0 Å². The third-order valence-electron chi connectivity index (χ3n) is 4.26. The third kappa shape index (κ3) is 3.69. The number of nitrogens with one attached hydrogen (secondary N) is 1. The van der Waals surface area contributed by atoms with Crippen LogP contribution in [0.5, 0.6) is 5.75 Å². The Labute approximate surface area is 126 Å². The fraction of sp³-hybridized carbons (Fsp3) is 0.588. The molecule has 0 aliphatic heterocycles. The van der Waals surface area contributed by atoms with Gasteiger partial charge >= 0.3 is 5.97 Å². The Morgan fingerprint density at radius 2 is 1.67 bits per heavy atom. The molecule has 0 heterocycles. The van der Waals surface area contributed by atoms with Crippen molar-refractivity contribution in [2.75, 3.05) is 19.5 Å². The number of hydrogen-bond acceptors (Lipinski definition) is 4. The number of rotatable bonds is 4. The molecular weight excluding hydrogens is 266 g/mol. The van der Waals surface area contributed by atoms with Gasteiger partial charge in [-0.1, -0.05) is 44.2 Å². The van der Waals surface area contributed by atoms with Gasteiger partial charge in [-0.3, -0.25) is 0 Å². The molecule has 1 N–H and O–H groups in total. The Kier molecular flexibility index (Phi) is 5.48. The highest BCUT2D eigenvalue weighted by atomic mass is 16.5. The van der Waals surface area contributed by atoms with Crippen molar-refractivity contribution in [2.24, 2.45) is 0 Å². The average Bonchev–Trinajstić information content (AvgIpc) is 2.49. The van der Waals surface area contributed by atoms with E-state index in [-0.39, 0.29) is 5.97 Å². The van der Waals surface area contributed by atoms with Crippen molar-refractivity contribution in [3.8, 4) is 5.75 Å². The van der Waals surface area contributed by atoms with E-state index in [9.17, 15) is 4.79 Å². The van der Waals surface area contributed by atoms with Gasteiger partial charge in [0.2, 0.25) is 0 Å². The fourth-order valence-corrected chi connectivity index (χ4v) is 3.09. The monoisotopic (exact) mass is 291 g/mol. The number of benzene rings is 1. The van der Waals surface area contributed by atoms with Crippen molar-refractivity contribution in [3.63, 3.8) is 0 Å². The molecular formula is C17H25NO3. The highest BCUT2D eigenvalue weighted by Crippen LogP contribution is 2.34. The maximum absolute atomic E-state index is 12.4. The van der Waals surface area contributed by atoms with Gasteiger partial charge in [-0.2, -0.15) is 0 Å². The number of anilines is 1. The van der Waals surface area contributed by atoms with E-state index in [1.807, 2.05) is 24.3 Å². The van der Waals surface area contributed by atoms with Gasteiger partial charge in [0.15, 0.2) is 0 Å². The van der Waals surface area contributed by atoms with Crippen molar-refractivity contribution < 1.29 is 14.3 Å². The van der Waals surface area contributed by atoms with Crippen LogP contribution in [0.2, 0.25) is 0 Å². The fourth-order valence-electron chi connectivity index (χ4n) is 3.09. The molecule has 0 radical (unpaired) electrons. The average molecular weight is 291 g/mol. The molecule has 0 bridgehead atoms. The first-order valence-electron chi connectivity index (χ1n) is 7.71. The van der Waals surface area contributed by atoms with Gasteiger partial charge in [-0.25, -0.2) is 4.79 Å². The van der Waals surface area contributed by atoms with Crippen molar-refractivity contribution >= 4 is 11.7 Å². The first kappa shape index (κ1) is 15.7. The summed E-state index contributed by atoms with van der Waals surface area (Å²) in [5, 5.41) is 3.43. The Hall–Kier alpha value is -1.71. The molecule has 4 nitrogen and oxygen atoms in total. The van der Waals surface area contributed by atoms with Gasteiger partial charge in [0.05, 0.1) is 19.9 Å². The minimum absolute atomic E-state index is 0.171. The van der Waals surface area contributed by atoms with Crippen molar-refractivity contribution in [3.05, 3.63) is 24.3 Å². The predicted octanol–water partition coefficient (Wildman–Crippen LogP) is 3.76. The Bertz CT molecular complexity index is 465. The van der Waals surface area contributed by atoms with E-state index >= 15 is 0 Å². The molecule has 0 atom stereocenters. The van der Waals surface area contributed by atoms with Crippen LogP contribution in [0, 0.1) is 0 Å². The molecule has 1 aliphatic rings. The molecule has 116 valence electrons. The quantitative estimate of drug-likeness (QED) is 0.858. The number of carbonyl (C=O) groups is 1. The lowest BCUT2D eigenvalue weighted by Crippen LogP contribution is -2.47. The predicted molar refractivity (Wildman–Crippen MR) is 83.7 cm³/mol. The van der Waals surface area contributed by atoms with E-state index in [4.69, 9.17) is 9.47 Å². The normalized spacial score (nSPS) is 18.2. The van der Waals surface area contributed by atoms with Gasteiger partial charge in [0.1, 0.15) is 11.3 Å². The Morgan fingerprint density at radius 3 is 2.29 bits per heavy atom. The van der Waals surface area contributed by atoms with E-state index in [1.54, 1.807) is 7.11 Å². The van der Waals surface area contributed by atoms with Crippen LogP contribution in [0.3, 0.4) is 0 Å². The second-order valence-corrected chi connectivity index (χ2v) is 5.67. The summed E-state index contributed by atoms with van der Waals surface area (Å²) < 4.78 is 10.5. The summed E-state index contributed by atoms with van der Waals surface area (Å²) in [6, 6.07) is 7.71. The van der Waals surface area contributed by atoms with Crippen LogP contribution in [0.4, 0.5) is 5.69 Å². The summed E-state index contributed by atoms with van der Waals surface area (Å²) in [6.45, 7) is 0. The molecule has 0 amide bonds. The number of methoxy groups -OCH3 is 2. The maximum Gasteiger partial charge on any atom is 0.331 e. The molecule has 1 aromatic rings. The Balaban J connectivity index is 2.28. The summed E-state index contributed by atoms with van der Waals surface area (Å²) >= 11 is 0. The number of hydrogen-bond donors (Lipinski definition) is 1. The zero-order chi connectivity index (χ0) is 15.1. The number of esters is 1. The molecule has 2 rings (SSSR count). The van der Waals surface area contributed by atoms with Gasteiger partial charge in [0.25, 0.3) is 0 Å². The zero-order valence-electron chi connectivity index (χ0n) is 13.0. The summed E-state index contributed by atoms with van der Waals surface area (Å²) in [5.41, 5.74) is 0.218. The third-order valence-corrected chi connectivity index (χ3v) is 4.26. The minimum Gasteiger partial charge on any atom is -0.495 e. The highest BCUT2D eigenvalue weighted by Gasteiger charge is 2.39. The summed E-state index contributed by atoms with van der Waals surface area (Å²) in [6.07, 6.45) is 7.29. The number of carbonyl (C=O) groups excluding carboxylic acids is 1. The zero-order valence-corrected chi connectivity index (χ0v) is 13.0. The SMILES string of the molecule is COC(=O)C1(Nc2ccccc2OC)CCCCCCC1. The lowest BCUT2D eigenvalue weighted by Gasteiger charge is -2.35. The summed E-state index contributed by atoms with van der Waals surface area (Å²) in [4.78, 5) is 12.4. The molecule has 1 aliphatic carbocycles. The molecule has 21 heavy (non-hydrogen) atoms. The Morgan fingerprint density at radius 1 is 1.05 bits per heavy atom. The van der Waals surface area contributed by atoms with E-state index in [0.29, 0.717) is 0 Å². The van der Waals surface area contributed by atoms with Crippen molar-refractivity contribution in [1.29, 1.82) is 0 Å². The lowest BCUT2D eigenvalue weighted by atomic mass is 9.83. The van der Waals surface area contributed by atoms with Crippen LogP contribution in [-0.2, 0) is 9.53 Å². The van der Waals surface area contributed by atoms with E-state index in [2.05, 4.69) is 5.32 Å². The van der Waals surface area contributed by atoms with Gasteiger partial charge in [0, 0.05) is 0 Å². The van der Waals surface area contributed by atoms with E-state index < -0.39 is 5.54 Å². The molecule has 1 aromatic carbocycles. The molecule has 0 unspecified atom stereocenters. The molecule has 0 spiro atoms. The standard InChI is InChI=1S/C17H25NO3/c1-20-15-11-7-6-10-14(15)18-17(16(19)21-2)12-8-4-3-5-9-13-17/h6-7,10-11,18H,3-5,8-9,12-13H2,1-2H3. The van der Waals surface area contributed by atoms with Crippen LogP contribution < -0.4 is 10.1 Å². The molecule has 4 heteroatoms. The largest absolute Gasteiger partial charge is 0.495 e. The maximum atomic E-state index is 12.4. The molecule has 0 saturated heterocycles. The van der Waals surface area contributed by atoms with Crippen molar-refractivity contribution in [2.45, 2.75) is 50.5 Å². The van der Waals surface area contributed by atoms with Gasteiger partial charge in [-0.05, 0) is 25.0 Å². The summed E-state index contributed by atoms with van der Waals surface area (Å²) in [5.74, 6) is 0.582. The number of para-hydroxylation sites is 2. The van der Waals surface area contributed by atoms with E-state index in [0.717, 1.165) is 37.1 Å². The van der Waals surface area contributed by atoms with Gasteiger partial charge in [-0.15, -0.1) is 0 Å².